The third kappa shape index (κ3) is 20.9. The van der Waals surface area contributed by atoms with Crippen molar-refractivity contribution in [1.29, 1.82) is 0 Å². The Morgan fingerprint density at radius 1 is 0.221 bits per heavy atom. The van der Waals surface area contributed by atoms with Gasteiger partial charge < -0.3 is 4.74 Å². The van der Waals surface area contributed by atoms with E-state index in [-0.39, 0.29) is 5.82 Å². The Morgan fingerprint density at radius 3 is 1.04 bits per heavy atom. The topological polar surface area (TPSA) is 90.9 Å². The SMILES string of the molecule is COc1ccc(-c2cc3ccccc3cc2-c2ccccn2)cc1.Cc1ccc(-c2cc3ccccc3cc2-c2ccccn2)cc1.Cc1cccnc1-c1ccccc1-c1ccc(-c2ccccc2)cc1.Fc1ccc(-c2cc3ccccc3cc2-c2ccccn2)cc1.[C-]#[N+]c1ccccc1-c1ccccc1-c1ncccc1C.c1ccc2cc(-c3cccc4ccc5cccnc5c34)ccc2c1. The average molecular weight is 1800 g/mol. The molecule has 668 valence electrons. The zero-order valence-electron chi connectivity index (χ0n) is 77.9. The summed E-state index contributed by atoms with van der Waals surface area (Å²) in [5, 5.41) is 13.4. The first-order valence-corrected chi connectivity index (χ1v) is 46.7. The van der Waals surface area contributed by atoms with Crippen molar-refractivity contribution in [2.24, 2.45) is 0 Å². The van der Waals surface area contributed by atoms with Crippen LogP contribution in [-0.2, 0) is 0 Å². The first-order chi connectivity index (χ1) is 69.0. The van der Waals surface area contributed by atoms with Gasteiger partial charge in [-0.15, -0.1) is 0 Å². The summed E-state index contributed by atoms with van der Waals surface area (Å²) >= 11 is 0. The molecule has 24 aromatic rings. The molecule has 0 spiro atoms. The molecule has 0 fully saturated rings. The number of methoxy groups -OCH3 is 1. The predicted molar refractivity (Wildman–Crippen MR) is 583 cm³/mol. The van der Waals surface area contributed by atoms with Crippen LogP contribution in [0.5, 0.6) is 5.75 Å². The molecule has 0 unspecified atom stereocenters. The first kappa shape index (κ1) is 90.8. The summed E-state index contributed by atoms with van der Waals surface area (Å²) < 4.78 is 18.5. The highest BCUT2D eigenvalue weighted by Crippen LogP contribution is 2.43. The van der Waals surface area contributed by atoms with E-state index in [1.54, 1.807) is 19.5 Å². The molecular formula is C131H96FN7O. The van der Waals surface area contributed by atoms with Crippen molar-refractivity contribution in [3.05, 3.63) is 544 Å². The Bertz CT molecular complexity index is 8330. The van der Waals surface area contributed by atoms with Crippen LogP contribution in [0.4, 0.5) is 10.1 Å². The van der Waals surface area contributed by atoms with E-state index in [2.05, 4.69) is 371 Å². The summed E-state index contributed by atoms with van der Waals surface area (Å²) in [5.74, 6) is 0.632. The summed E-state index contributed by atoms with van der Waals surface area (Å²) in [6.45, 7) is 13.6. The second-order valence-electron chi connectivity index (χ2n) is 34.1. The summed E-state index contributed by atoms with van der Waals surface area (Å²) in [4.78, 5) is 31.0. The predicted octanol–water partition coefficient (Wildman–Crippen LogP) is 35.0. The quantitative estimate of drug-likeness (QED) is 0.0839. The number of hydrogen-bond acceptors (Lipinski definition) is 7. The van der Waals surface area contributed by atoms with E-state index in [1.807, 2.05) is 170 Å². The van der Waals surface area contributed by atoms with Gasteiger partial charge in [-0.25, -0.2) is 9.24 Å². The highest BCUT2D eigenvalue weighted by atomic mass is 19.1. The lowest BCUT2D eigenvalue weighted by molar-refractivity contribution is 0.415. The van der Waals surface area contributed by atoms with Crippen molar-refractivity contribution in [1.82, 2.24) is 29.9 Å². The normalized spacial score (nSPS) is 10.7. The molecule has 0 amide bonds. The number of aromatic nitrogens is 6. The van der Waals surface area contributed by atoms with Crippen LogP contribution in [-0.4, -0.2) is 37.0 Å². The number of fused-ring (bicyclic) bond motifs is 7. The number of para-hydroxylation sites is 1. The molecule has 6 aromatic heterocycles. The van der Waals surface area contributed by atoms with E-state index in [0.717, 1.165) is 95.2 Å². The number of benzene rings is 18. The lowest BCUT2D eigenvalue weighted by atomic mass is 9.93. The maximum atomic E-state index is 13.3. The number of nitrogens with zero attached hydrogens (tertiary/aromatic N) is 7. The molecule has 0 saturated heterocycles. The Kier molecular flexibility index (Phi) is 28.1. The molecule has 0 atom stereocenters. The van der Waals surface area contributed by atoms with Gasteiger partial charge in [0.05, 0.1) is 47.7 Å². The minimum Gasteiger partial charge on any atom is -0.497 e. The Labute approximate surface area is 816 Å². The molecule has 0 aliphatic rings. The Hall–Kier alpha value is -18.4. The zero-order valence-corrected chi connectivity index (χ0v) is 77.9. The van der Waals surface area contributed by atoms with Gasteiger partial charge in [-0.05, 0) is 280 Å². The van der Waals surface area contributed by atoms with E-state index in [4.69, 9.17) is 11.3 Å². The number of ether oxygens (including phenoxy) is 1. The third-order valence-corrected chi connectivity index (χ3v) is 25.1. The molecule has 9 heteroatoms. The molecule has 140 heavy (non-hydrogen) atoms. The van der Waals surface area contributed by atoms with Gasteiger partial charge in [-0.1, -0.05) is 357 Å². The molecule has 0 N–H and O–H groups in total. The average Bonchev–Trinajstić information content (AvgIpc) is 0.792. The molecule has 0 aliphatic carbocycles. The lowest BCUT2D eigenvalue weighted by Crippen LogP contribution is -1.90. The van der Waals surface area contributed by atoms with Crippen LogP contribution in [0, 0.1) is 33.2 Å². The summed E-state index contributed by atoms with van der Waals surface area (Å²) in [7, 11) is 1.68. The van der Waals surface area contributed by atoms with Crippen molar-refractivity contribution in [3.8, 4) is 140 Å². The largest absolute Gasteiger partial charge is 0.497 e. The highest BCUT2D eigenvalue weighted by molar-refractivity contribution is 6.13. The van der Waals surface area contributed by atoms with Crippen LogP contribution in [0.15, 0.2) is 510 Å². The van der Waals surface area contributed by atoms with Gasteiger partial charge in [0.2, 0.25) is 0 Å². The van der Waals surface area contributed by atoms with Crippen LogP contribution in [0.1, 0.15) is 16.7 Å². The van der Waals surface area contributed by atoms with Gasteiger partial charge in [0.25, 0.3) is 0 Å². The van der Waals surface area contributed by atoms with Crippen molar-refractivity contribution < 1.29 is 9.13 Å². The first-order valence-electron chi connectivity index (χ1n) is 46.7. The summed E-state index contributed by atoms with van der Waals surface area (Å²) in [6, 6.07) is 162. The lowest BCUT2D eigenvalue weighted by Gasteiger charge is -2.12. The van der Waals surface area contributed by atoms with Crippen molar-refractivity contribution >= 4 is 70.5 Å². The molecule has 0 bridgehead atoms. The fraction of sp³-hybridized carbons (Fsp3) is 0.0305. The molecule has 18 aromatic carbocycles. The van der Waals surface area contributed by atoms with E-state index >= 15 is 0 Å². The van der Waals surface area contributed by atoms with Gasteiger partial charge >= 0.3 is 0 Å². The third-order valence-electron chi connectivity index (χ3n) is 25.1. The minimum atomic E-state index is -0.228. The van der Waals surface area contributed by atoms with E-state index in [1.165, 1.54) is 138 Å². The van der Waals surface area contributed by atoms with Crippen LogP contribution >= 0.6 is 0 Å². The van der Waals surface area contributed by atoms with Gasteiger partial charge in [-0.2, -0.15) is 0 Å². The Balaban J connectivity index is 0.000000107. The van der Waals surface area contributed by atoms with Crippen molar-refractivity contribution in [2.45, 2.75) is 20.8 Å². The highest BCUT2D eigenvalue weighted by Gasteiger charge is 2.19. The number of aryl methyl sites for hydroxylation is 3. The van der Waals surface area contributed by atoms with Crippen LogP contribution < -0.4 is 4.74 Å². The number of pyridine rings is 6. The maximum absolute atomic E-state index is 13.3. The minimum absolute atomic E-state index is 0.228. The van der Waals surface area contributed by atoms with E-state index < -0.39 is 0 Å². The summed E-state index contributed by atoms with van der Waals surface area (Å²) in [6.07, 6.45) is 11.0. The standard InChI is InChI=1S/C24H19N.C23H15N.C22H17NO.C22H17N.C21H14FN.C19H14N2/c1-18-8-7-17-25-24(18)23-12-6-5-11-22(23)21-15-13-20(14-16-21)19-9-3-2-4-10-19;1-2-6-19-15-20(13-10-16(19)5-1)21-9-3-7-17-11-12-18-8-4-14-24-23(18)22(17)21;1-24-19-11-9-16(10-12-19)20-14-17-6-2-3-7-18(17)15-21(20)22-8-4-5-13-23-22;1-16-9-11-17(12-10-16)20-14-18-6-2-3-7-19(18)15-21(20)22-8-4-5-13-23-22;22-18-10-8-15(9-11-18)19-13-16-5-1-2-6-17(16)14-20(19)21-7-3-4-12-23-21;1-14-8-7-13-21-19(14)17-11-4-3-9-15(17)16-10-5-6-12-18(16)20-2/h2-17H,1H3;1-15H;2-15H,1H3;2-15H,1H3;1-14H;3-13H,1H3. The molecule has 6 heterocycles. The van der Waals surface area contributed by atoms with Gasteiger partial charge in [0, 0.05) is 75.8 Å². The van der Waals surface area contributed by atoms with Crippen LogP contribution in [0.2, 0.25) is 0 Å². The molecule has 0 aliphatic heterocycles. The van der Waals surface area contributed by atoms with Gasteiger partial charge in [-0.3, -0.25) is 29.9 Å². The molecule has 24 rings (SSSR count). The fourth-order valence-corrected chi connectivity index (χ4v) is 18.0. The van der Waals surface area contributed by atoms with Crippen LogP contribution in [0.3, 0.4) is 0 Å². The zero-order chi connectivity index (χ0) is 95.3. The van der Waals surface area contributed by atoms with Crippen molar-refractivity contribution in [3.63, 3.8) is 0 Å². The molecular weight excluding hydrogens is 1710 g/mol. The number of hydrogen-bond donors (Lipinski definition) is 0. The smallest absolute Gasteiger partial charge is 0.194 e. The summed E-state index contributed by atoms with van der Waals surface area (Å²) in [5.41, 5.74) is 32.0. The van der Waals surface area contributed by atoms with Crippen LogP contribution in [0.25, 0.3) is 204 Å². The second kappa shape index (κ2) is 43.3. The van der Waals surface area contributed by atoms with E-state index in [0.29, 0.717) is 5.69 Å². The van der Waals surface area contributed by atoms with Crippen molar-refractivity contribution in [2.75, 3.05) is 7.11 Å². The Morgan fingerprint density at radius 2 is 0.557 bits per heavy atom. The fourth-order valence-electron chi connectivity index (χ4n) is 18.0. The number of rotatable bonds is 13. The maximum Gasteiger partial charge on any atom is 0.194 e. The number of halogens is 1. The van der Waals surface area contributed by atoms with E-state index in [9.17, 15) is 4.39 Å². The molecule has 0 saturated carbocycles. The monoisotopic (exact) mass is 1800 g/mol. The van der Waals surface area contributed by atoms with Gasteiger partial charge in [0.1, 0.15) is 11.6 Å². The van der Waals surface area contributed by atoms with Gasteiger partial charge in [0.15, 0.2) is 5.69 Å². The molecule has 8 nitrogen and oxygen atoms in total. The molecule has 0 radical (unpaired) electrons. The second-order valence-corrected chi connectivity index (χ2v) is 34.1.